The van der Waals surface area contributed by atoms with Crippen LogP contribution in [-0.2, 0) is 24.3 Å². The van der Waals surface area contributed by atoms with E-state index in [9.17, 15) is 9.59 Å². The normalized spacial score (nSPS) is 13.9. The Balaban J connectivity index is 1.50. The van der Waals surface area contributed by atoms with Crippen LogP contribution in [0.25, 0.3) is 11.4 Å². The zero-order valence-electron chi connectivity index (χ0n) is 14.3. The fourth-order valence-corrected chi connectivity index (χ4v) is 3.21. The molecule has 0 spiro atoms. The van der Waals surface area contributed by atoms with Crippen LogP contribution in [0.1, 0.15) is 5.82 Å². The highest BCUT2D eigenvalue weighted by molar-refractivity contribution is 5.76. The molecular weight excluding hydrogens is 330 g/mol. The molecule has 1 aromatic carbocycles. The van der Waals surface area contributed by atoms with Crippen LogP contribution >= 0.6 is 0 Å². The molecule has 0 radical (unpaired) electrons. The molecule has 7 nitrogen and oxygen atoms in total. The van der Waals surface area contributed by atoms with Crippen LogP contribution < -0.4 is 5.56 Å². The third kappa shape index (κ3) is 3.15. The van der Waals surface area contributed by atoms with Crippen LogP contribution in [0.4, 0.5) is 0 Å². The Morgan fingerprint density at radius 2 is 1.77 bits per heavy atom. The molecule has 3 aromatic rings. The molecule has 0 saturated carbocycles. The van der Waals surface area contributed by atoms with E-state index in [2.05, 4.69) is 14.8 Å². The minimum Gasteiger partial charge on any atom is -0.339 e. The van der Waals surface area contributed by atoms with Crippen LogP contribution in [0.15, 0.2) is 59.5 Å². The summed E-state index contributed by atoms with van der Waals surface area (Å²) in [7, 11) is 0. The lowest BCUT2D eigenvalue weighted by molar-refractivity contribution is -0.131. The van der Waals surface area contributed by atoms with E-state index < -0.39 is 0 Å². The number of carbonyl (C=O) groups is 1. The molecule has 3 heterocycles. The SMILES string of the molecule is O=C(Cn1ccccc1=O)N1CCc2nnc(-c3ccccc3)n2CC1. The van der Waals surface area contributed by atoms with Gasteiger partial charge in [0.25, 0.3) is 5.56 Å². The molecule has 0 aliphatic carbocycles. The van der Waals surface area contributed by atoms with Gasteiger partial charge in [0.1, 0.15) is 12.4 Å². The first-order valence-corrected chi connectivity index (χ1v) is 8.63. The van der Waals surface area contributed by atoms with Gasteiger partial charge in [0.05, 0.1) is 0 Å². The van der Waals surface area contributed by atoms with Gasteiger partial charge in [-0.2, -0.15) is 0 Å². The second-order valence-electron chi connectivity index (χ2n) is 6.26. The molecule has 26 heavy (non-hydrogen) atoms. The Kier molecular flexibility index (Phi) is 4.35. The molecule has 1 amide bonds. The second kappa shape index (κ2) is 6.95. The molecule has 2 aromatic heterocycles. The second-order valence-corrected chi connectivity index (χ2v) is 6.26. The van der Waals surface area contributed by atoms with E-state index in [0.717, 1.165) is 17.2 Å². The fourth-order valence-electron chi connectivity index (χ4n) is 3.21. The molecule has 0 fully saturated rings. The quantitative estimate of drug-likeness (QED) is 0.712. The minimum atomic E-state index is -0.167. The molecule has 1 aliphatic rings. The fraction of sp³-hybridized carbons (Fsp3) is 0.263. The smallest absolute Gasteiger partial charge is 0.250 e. The Labute approximate surface area is 150 Å². The van der Waals surface area contributed by atoms with E-state index in [1.807, 2.05) is 30.3 Å². The standard InChI is InChI=1S/C19H19N5O2/c25-17-8-4-5-10-23(17)14-18(26)22-11-9-16-20-21-19(24(16)13-12-22)15-6-2-1-3-7-15/h1-8,10H,9,11-14H2. The maximum absolute atomic E-state index is 12.6. The topological polar surface area (TPSA) is 73.0 Å². The number of carbonyl (C=O) groups excluding carboxylic acids is 1. The van der Waals surface area contributed by atoms with Crippen molar-refractivity contribution in [2.24, 2.45) is 0 Å². The molecule has 0 N–H and O–H groups in total. The maximum atomic E-state index is 12.6. The summed E-state index contributed by atoms with van der Waals surface area (Å²) in [6, 6.07) is 14.8. The first-order chi connectivity index (χ1) is 12.7. The number of hydrogen-bond donors (Lipinski definition) is 0. The van der Waals surface area contributed by atoms with Gasteiger partial charge >= 0.3 is 0 Å². The average Bonchev–Trinajstić information content (AvgIpc) is 2.95. The maximum Gasteiger partial charge on any atom is 0.250 e. The highest BCUT2D eigenvalue weighted by Crippen LogP contribution is 2.20. The van der Waals surface area contributed by atoms with E-state index in [1.54, 1.807) is 23.2 Å². The molecule has 0 unspecified atom stereocenters. The Morgan fingerprint density at radius 3 is 2.58 bits per heavy atom. The lowest BCUT2D eigenvalue weighted by Crippen LogP contribution is -2.38. The van der Waals surface area contributed by atoms with Crippen molar-refractivity contribution in [3.63, 3.8) is 0 Å². The summed E-state index contributed by atoms with van der Waals surface area (Å²) in [5.41, 5.74) is 0.848. The predicted octanol–water partition coefficient (Wildman–Crippen LogP) is 1.19. The highest BCUT2D eigenvalue weighted by atomic mass is 16.2. The van der Waals surface area contributed by atoms with Gasteiger partial charge in [0, 0.05) is 43.9 Å². The summed E-state index contributed by atoms with van der Waals surface area (Å²) in [5, 5.41) is 8.63. The van der Waals surface area contributed by atoms with E-state index in [1.165, 1.54) is 10.6 Å². The molecule has 7 heteroatoms. The number of hydrogen-bond acceptors (Lipinski definition) is 4. The molecule has 132 valence electrons. The van der Waals surface area contributed by atoms with Gasteiger partial charge in [0.15, 0.2) is 5.82 Å². The van der Waals surface area contributed by atoms with Gasteiger partial charge in [0.2, 0.25) is 5.91 Å². The summed E-state index contributed by atoms with van der Waals surface area (Å²) in [4.78, 5) is 26.2. The third-order valence-corrected chi connectivity index (χ3v) is 4.62. The summed E-state index contributed by atoms with van der Waals surface area (Å²) in [5.74, 6) is 1.66. The van der Waals surface area contributed by atoms with E-state index in [4.69, 9.17) is 0 Å². The van der Waals surface area contributed by atoms with Crippen molar-refractivity contribution in [3.05, 3.63) is 70.9 Å². The largest absolute Gasteiger partial charge is 0.339 e. The van der Waals surface area contributed by atoms with Crippen molar-refractivity contribution in [2.45, 2.75) is 19.5 Å². The van der Waals surface area contributed by atoms with Gasteiger partial charge < -0.3 is 14.0 Å². The van der Waals surface area contributed by atoms with Crippen molar-refractivity contribution in [2.75, 3.05) is 13.1 Å². The summed E-state index contributed by atoms with van der Waals surface area (Å²) in [6.45, 7) is 1.85. The van der Waals surface area contributed by atoms with Crippen molar-refractivity contribution in [1.82, 2.24) is 24.2 Å². The van der Waals surface area contributed by atoms with Gasteiger partial charge in [-0.05, 0) is 6.07 Å². The summed E-state index contributed by atoms with van der Waals surface area (Å²) in [6.07, 6.45) is 2.29. The van der Waals surface area contributed by atoms with Crippen molar-refractivity contribution < 1.29 is 4.79 Å². The minimum absolute atomic E-state index is 0.0572. The van der Waals surface area contributed by atoms with E-state index in [0.29, 0.717) is 26.1 Å². The number of fused-ring (bicyclic) bond motifs is 1. The highest BCUT2D eigenvalue weighted by Gasteiger charge is 2.22. The van der Waals surface area contributed by atoms with Crippen molar-refractivity contribution >= 4 is 5.91 Å². The van der Waals surface area contributed by atoms with E-state index >= 15 is 0 Å². The molecular formula is C19H19N5O2. The predicted molar refractivity (Wildman–Crippen MR) is 96.4 cm³/mol. The summed E-state index contributed by atoms with van der Waals surface area (Å²) < 4.78 is 3.51. The summed E-state index contributed by atoms with van der Waals surface area (Å²) >= 11 is 0. The Morgan fingerprint density at radius 1 is 0.962 bits per heavy atom. The first kappa shape index (κ1) is 16.3. The van der Waals surface area contributed by atoms with Crippen molar-refractivity contribution in [3.8, 4) is 11.4 Å². The molecule has 0 atom stereocenters. The van der Waals surface area contributed by atoms with Crippen LogP contribution in [0.5, 0.6) is 0 Å². The number of benzene rings is 1. The number of pyridine rings is 1. The molecule has 1 aliphatic heterocycles. The van der Waals surface area contributed by atoms with Gasteiger partial charge in [-0.3, -0.25) is 9.59 Å². The Bertz CT molecular complexity index is 977. The molecule has 4 rings (SSSR count). The monoisotopic (exact) mass is 349 g/mol. The van der Waals surface area contributed by atoms with Gasteiger partial charge in [-0.1, -0.05) is 36.4 Å². The van der Waals surface area contributed by atoms with Gasteiger partial charge in [-0.25, -0.2) is 0 Å². The third-order valence-electron chi connectivity index (χ3n) is 4.62. The zero-order valence-corrected chi connectivity index (χ0v) is 14.3. The average molecular weight is 349 g/mol. The van der Waals surface area contributed by atoms with Crippen LogP contribution in [0.3, 0.4) is 0 Å². The molecule has 0 saturated heterocycles. The number of nitrogens with zero attached hydrogens (tertiary/aromatic N) is 5. The van der Waals surface area contributed by atoms with Crippen LogP contribution in [0, 0.1) is 0 Å². The lowest BCUT2D eigenvalue weighted by Gasteiger charge is -2.20. The van der Waals surface area contributed by atoms with Crippen molar-refractivity contribution in [1.29, 1.82) is 0 Å². The number of rotatable bonds is 3. The van der Waals surface area contributed by atoms with E-state index in [-0.39, 0.29) is 18.0 Å². The van der Waals surface area contributed by atoms with Gasteiger partial charge in [-0.15, -0.1) is 10.2 Å². The van der Waals surface area contributed by atoms with Crippen LogP contribution in [-0.4, -0.2) is 43.2 Å². The Hall–Kier alpha value is -3.22. The first-order valence-electron chi connectivity index (χ1n) is 8.63. The number of amides is 1. The van der Waals surface area contributed by atoms with Crippen LogP contribution in [0.2, 0.25) is 0 Å². The zero-order chi connectivity index (χ0) is 17.9. The molecule has 0 bridgehead atoms. The number of aromatic nitrogens is 4. The lowest BCUT2D eigenvalue weighted by atomic mass is 10.2.